The highest BCUT2D eigenvalue weighted by Gasteiger charge is 2.27. The Bertz CT molecular complexity index is 1140. The zero-order valence-corrected chi connectivity index (χ0v) is 18.6. The van der Waals surface area contributed by atoms with Crippen molar-refractivity contribution in [3.8, 4) is 10.4 Å². The number of carbonyl (C=O) groups is 1. The first-order valence-corrected chi connectivity index (χ1v) is 12.4. The topological polar surface area (TPSA) is 75.7 Å². The van der Waals surface area contributed by atoms with E-state index in [2.05, 4.69) is 5.32 Å². The van der Waals surface area contributed by atoms with Gasteiger partial charge in [0.1, 0.15) is 4.21 Å². The predicted octanol–water partition coefficient (Wildman–Crippen LogP) is 3.41. The number of hydrogen-bond acceptors (Lipinski definition) is 5. The molecule has 0 bridgehead atoms. The number of sulfonamides is 1. The van der Waals surface area contributed by atoms with E-state index in [-0.39, 0.29) is 5.91 Å². The number of carbonyl (C=O) groups excluding carboxylic acids is 1. The molecule has 1 amide bonds. The van der Waals surface area contributed by atoms with Crippen LogP contribution in [0.25, 0.3) is 10.4 Å². The van der Waals surface area contributed by atoms with E-state index in [9.17, 15) is 13.2 Å². The molecule has 3 aromatic rings. The van der Waals surface area contributed by atoms with Crippen LogP contribution in [0.3, 0.4) is 0 Å². The van der Waals surface area contributed by atoms with Crippen LogP contribution in [0.2, 0.25) is 0 Å². The molecule has 2 aromatic carbocycles. The fourth-order valence-corrected chi connectivity index (χ4v) is 6.27. The van der Waals surface area contributed by atoms with Crippen LogP contribution >= 0.6 is 11.3 Å². The fraction of sp³-hybridized carbons (Fsp3) is 0.261. The highest BCUT2D eigenvalue weighted by atomic mass is 32.2. The van der Waals surface area contributed by atoms with Crippen molar-refractivity contribution in [3.05, 3.63) is 77.9 Å². The number of ether oxygens (including phenoxy) is 1. The van der Waals surface area contributed by atoms with Crippen LogP contribution in [0.1, 0.15) is 15.9 Å². The summed E-state index contributed by atoms with van der Waals surface area (Å²) in [5, 5.41) is 2.95. The number of morpholine rings is 1. The smallest absolute Gasteiger partial charge is 0.252 e. The van der Waals surface area contributed by atoms with E-state index in [1.807, 2.05) is 42.5 Å². The summed E-state index contributed by atoms with van der Waals surface area (Å²) in [4.78, 5) is 13.4. The first-order chi connectivity index (χ1) is 15.0. The summed E-state index contributed by atoms with van der Waals surface area (Å²) in [6.07, 6.45) is 0.764. The number of rotatable bonds is 7. The second-order valence-corrected chi connectivity index (χ2v) is 10.5. The van der Waals surface area contributed by atoms with E-state index in [4.69, 9.17) is 4.74 Å². The van der Waals surface area contributed by atoms with Crippen LogP contribution < -0.4 is 5.32 Å². The Morgan fingerprint density at radius 2 is 1.77 bits per heavy atom. The second-order valence-electron chi connectivity index (χ2n) is 7.21. The standard InChI is InChI=1S/C23H24N2O4S2/c26-23(24-12-11-18-5-2-1-3-6-18)20-8-4-7-19(17-20)21-9-10-22(30-21)31(27,28)25-13-15-29-16-14-25/h1-10,17H,11-16H2,(H,24,26). The molecule has 6 nitrogen and oxygen atoms in total. The Morgan fingerprint density at radius 3 is 2.55 bits per heavy atom. The molecule has 0 aliphatic carbocycles. The molecule has 162 valence electrons. The molecule has 0 atom stereocenters. The van der Waals surface area contributed by atoms with Crippen molar-refractivity contribution in [2.24, 2.45) is 0 Å². The van der Waals surface area contributed by atoms with Gasteiger partial charge in [0.2, 0.25) is 0 Å². The van der Waals surface area contributed by atoms with Gasteiger partial charge < -0.3 is 10.1 Å². The van der Waals surface area contributed by atoms with Crippen molar-refractivity contribution in [1.82, 2.24) is 9.62 Å². The zero-order chi connectivity index (χ0) is 21.7. The van der Waals surface area contributed by atoms with Gasteiger partial charge in [-0.15, -0.1) is 11.3 Å². The third-order valence-corrected chi connectivity index (χ3v) is 8.60. The maximum absolute atomic E-state index is 12.9. The highest BCUT2D eigenvalue weighted by molar-refractivity contribution is 7.91. The Labute approximate surface area is 186 Å². The van der Waals surface area contributed by atoms with Crippen molar-refractivity contribution in [2.45, 2.75) is 10.6 Å². The Morgan fingerprint density at radius 1 is 1.00 bits per heavy atom. The maximum atomic E-state index is 12.9. The van der Waals surface area contributed by atoms with Crippen LogP contribution in [-0.4, -0.2) is 51.5 Å². The molecule has 0 unspecified atom stereocenters. The molecule has 31 heavy (non-hydrogen) atoms. The summed E-state index contributed by atoms with van der Waals surface area (Å²) in [6, 6.07) is 20.7. The molecular formula is C23H24N2O4S2. The fourth-order valence-electron chi connectivity index (χ4n) is 3.41. The average Bonchev–Trinajstić information content (AvgIpc) is 3.32. The lowest BCUT2D eigenvalue weighted by molar-refractivity contribution is 0.0731. The van der Waals surface area contributed by atoms with Crippen LogP contribution in [0.4, 0.5) is 0 Å². The van der Waals surface area contributed by atoms with Crippen LogP contribution in [0.15, 0.2) is 70.9 Å². The summed E-state index contributed by atoms with van der Waals surface area (Å²) < 4.78 is 32.7. The molecule has 1 saturated heterocycles. The van der Waals surface area contributed by atoms with Crippen molar-refractivity contribution < 1.29 is 17.9 Å². The van der Waals surface area contributed by atoms with Gasteiger partial charge in [-0.2, -0.15) is 4.31 Å². The van der Waals surface area contributed by atoms with Gasteiger partial charge >= 0.3 is 0 Å². The SMILES string of the molecule is O=C(NCCc1ccccc1)c1cccc(-c2ccc(S(=O)(=O)N3CCOCC3)s2)c1. The van der Waals surface area contributed by atoms with E-state index < -0.39 is 10.0 Å². The molecule has 1 N–H and O–H groups in total. The van der Waals surface area contributed by atoms with Gasteiger partial charge in [0.25, 0.3) is 15.9 Å². The van der Waals surface area contributed by atoms with Gasteiger partial charge in [0.15, 0.2) is 0 Å². The Balaban J connectivity index is 1.44. The van der Waals surface area contributed by atoms with Crippen LogP contribution in [-0.2, 0) is 21.2 Å². The van der Waals surface area contributed by atoms with Crippen LogP contribution in [0, 0.1) is 0 Å². The molecule has 4 rings (SSSR count). The minimum Gasteiger partial charge on any atom is -0.379 e. The molecule has 1 aromatic heterocycles. The molecule has 2 heterocycles. The van der Waals surface area contributed by atoms with Gasteiger partial charge in [0, 0.05) is 30.1 Å². The molecular weight excluding hydrogens is 432 g/mol. The minimum atomic E-state index is -3.52. The predicted molar refractivity (Wildman–Crippen MR) is 122 cm³/mol. The van der Waals surface area contributed by atoms with E-state index >= 15 is 0 Å². The van der Waals surface area contributed by atoms with Crippen molar-refractivity contribution >= 4 is 27.3 Å². The van der Waals surface area contributed by atoms with Crippen molar-refractivity contribution in [3.63, 3.8) is 0 Å². The van der Waals surface area contributed by atoms with Gasteiger partial charge in [-0.25, -0.2) is 8.42 Å². The highest BCUT2D eigenvalue weighted by Crippen LogP contribution is 2.33. The second kappa shape index (κ2) is 9.74. The van der Waals surface area contributed by atoms with Gasteiger partial charge in [-0.1, -0.05) is 42.5 Å². The summed E-state index contributed by atoms with van der Waals surface area (Å²) >= 11 is 1.22. The molecule has 1 fully saturated rings. The Kier molecular flexibility index (Phi) is 6.82. The zero-order valence-electron chi connectivity index (χ0n) is 17.0. The Hall–Kier alpha value is -2.52. The average molecular weight is 457 g/mol. The molecule has 1 aliphatic heterocycles. The largest absolute Gasteiger partial charge is 0.379 e. The number of amides is 1. The molecule has 0 saturated carbocycles. The quantitative estimate of drug-likeness (QED) is 0.591. The van der Waals surface area contributed by atoms with Gasteiger partial charge in [-0.3, -0.25) is 4.79 Å². The third-order valence-electron chi connectivity index (χ3n) is 5.10. The number of nitrogens with zero attached hydrogens (tertiary/aromatic N) is 1. The minimum absolute atomic E-state index is 0.143. The summed E-state index contributed by atoms with van der Waals surface area (Å²) in [5.41, 5.74) is 2.55. The molecule has 1 aliphatic rings. The summed E-state index contributed by atoms with van der Waals surface area (Å²) in [5.74, 6) is -0.143. The number of nitrogens with one attached hydrogen (secondary N) is 1. The maximum Gasteiger partial charge on any atom is 0.252 e. The molecule has 8 heteroatoms. The van der Waals surface area contributed by atoms with Crippen molar-refractivity contribution in [2.75, 3.05) is 32.8 Å². The normalized spacial score (nSPS) is 15.0. The van der Waals surface area contributed by atoms with E-state index in [1.54, 1.807) is 24.3 Å². The monoisotopic (exact) mass is 456 g/mol. The lowest BCUT2D eigenvalue weighted by Crippen LogP contribution is -2.40. The first-order valence-electron chi connectivity index (χ1n) is 10.1. The number of benzene rings is 2. The lowest BCUT2D eigenvalue weighted by atomic mass is 10.1. The van der Waals surface area contributed by atoms with E-state index in [0.29, 0.717) is 42.6 Å². The third kappa shape index (κ3) is 5.22. The van der Waals surface area contributed by atoms with Crippen molar-refractivity contribution in [1.29, 1.82) is 0 Å². The van der Waals surface area contributed by atoms with Gasteiger partial charge in [-0.05, 0) is 41.8 Å². The number of hydrogen-bond donors (Lipinski definition) is 1. The van der Waals surface area contributed by atoms with E-state index in [0.717, 1.165) is 16.9 Å². The summed E-state index contributed by atoms with van der Waals surface area (Å²) in [7, 11) is -3.52. The summed E-state index contributed by atoms with van der Waals surface area (Å²) in [6.45, 7) is 2.12. The van der Waals surface area contributed by atoms with Gasteiger partial charge in [0.05, 0.1) is 13.2 Å². The number of thiophene rings is 1. The first kappa shape index (κ1) is 21.7. The van der Waals surface area contributed by atoms with E-state index in [1.165, 1.54) is 21.2 Å². The molecule has 0 spiro atoms. The van der Waals surface area contributed by atoms with Crippen LogP contribution in [0.5, 0.6) is 0 Å². The molecule has 0 radical (unpaired) electrons. The lowest BCUT2D eigenvalue weighted by Gasteiger charge is -2.25.